The molecule has 7 heteroatoms. The number of thioether (sulfide) groups is 1. The Labute approximate surface area is 156 Å². The number of rotatable bonds is 8. The first-order chi connectivity index (χ1) is 12.7. The van der Waals surface area contributed by atoms with Crippen molar-refractivity contribution in [2.45, 2.75) is 31.8 Å². The topological polar surface area (TPSA) is 70.2 Å². The highest BCUT2D eigenvalue weighted by molar-refractivity contribution is 7.99. The molecule has 0 aliphatic heterocycles. The number of carbonyl (C=O) groups excluding carboxylic acids is 1. The van der Waals surface area contributed by atoms with Gasteiger partial charge in [0.2, 0.25) is 0 Å². The number of furan rings is 1. The zero-order valence-corrected chi connectivity index (χ0v) is 15.7. The maximum atomic E-state index is 11.9. The molecule has 6 nitrogen and oxygen atoms in total. The number of benzene rings is 1. The summed E-state index contributed by atoms with van der Waals surface area (Å²) in [4.78, 5) is 11.9. The molecule has 26 heavy (non-hydrogen) atoms. The van der Waals surface area contributed by atoms with Crippen LogP contribution in [0.4, 0.5) is 0 Å². The summed E-state index contributed by atoms with van der Waals surface area (Å²) in [5, 5.41) is 9.25. The lowest BCUT2D eigenvalue weighted by atomic mass is 10.2. The van der Waals surface area contributed by atoms with Gasteiger partial charge in [0.05, 0.1) is 24.2 Å². The van der Waals surface area contributed by atoms with E-state index in [4.69, 9.17) is 9.15 Å². The second kappa shape index (κ2) is 8.71. The molecule has 2 heterocycles. The van der Waals surface area contributed by atoms with Crippen molar-refractivity contribution >= 4 is 17.7 Å². The Balaban J connectivity index is 1.85. The molecule has 0 aliphatic rings. The third-order valence-electron chi connectivity index (χ3n) is 3.83. The van der Waals surface area contributed by atoms with Gasteiger partial charge in [-0.15, -0.1) is 10.2 Å². The van der Waals surface area contributed by atoms with Crippen molar-refractivity contribution in [3.05, 3.63) is 48.4 Å². The first kappa shape index (κ1) is 18.3. The van der Waals surface area contributed by atoms with Gasteiger partial charge < -0.3 is 9.15 Å². The molecule has 0 N–H and O–H groups in total. The summed E-state index contributed by atoms with van der Waals surface area (Å²) in [6.45, 7) is 4.41. The van der Waals surface area contributed by atoms with Crippen LogP contribution in [0.2, 0.25) is 0 Å². The van der Waals surface area contributed by atoms with Crippen molar-refractivity contribution in [1.82, 2.24) is 14.8 Å². The molecule has 0 atom stereocenters. The maximum Gasteiger partial charge on any atom is 0.316 e. The fourth-order valence-electron chi connectivity index (χ4n) is 2.46. The minimum absolute atomic E-state index is 0.194. The van der Waals surface area contributed by atoms with Crippen LogP contribution in [0.5, 0.6) is 0 Å². The lowest BCUT2D eigenvalue weighted by Gasteiger charge is -2.09. The van der Waals surface area contributed by atoms with Crippen LogP contribution < -0.4 is 0 Å². The molecule has 2 aromatic heterocycles. The number of para-hydroxylation sites is 1. The Bertz CT molecular complexity index is 858. The number of aryl methyl sites for hydroxylation is 1. The molecular weight excluding hydrogens is 350 g/mol. The summed E-state index contributed by atoms with van der Waals surface area (Å²) in [6, 6.07) is 11.7. The normalized spacial score (nSPS) is 10.8. The fourth-order valence-corrected chi connectivity index (χ4v) is 3.21. The zero-order chi connectivity index (χ0) is 18.4. The van der Waals surface area contributed by atoms with E-state index in [0.717, 1.165) is 29.9 Å². The maximum absolute atomic E-state index is 11.9. The van der Waals surface area contributed by atoms with Crippen LogP contribution in [-0.2, 0) is 9.53 Å². The number of aromatic nitrogens is 3. The summed E-state index contributed by atoms with van der Waals surface area (Å²) in [5.74, 6) is 1.40. The molecule has 0 spiro atoms. The van der Waals surface area contributed by atoms with Crippen molar-refractivity contribution < 1.29 is 13.9 Å². The van der Waals surface area contributed by atoms with E-state index in [0.29, 0.717) is 17.6 Å². The molecule has 3 rings (SSSR count). The summed E-state index contributed by atoms with van der Waals surface area (Å²) >= 11 is 1.32. The molecule has 0 radical (unpaired) electrons. The number of hydrogen-bond donors (Lipinski definition) is 0. The van der Waals surface area contributed by atoms with Crippen LogP contribution in [-0.4, -0.2) is 33.1 Å². The van der Waals surface area contributed by atoms with Gasteiger partial charge in [-0.1, -0.05) is 43.3 Å². The number of nitrogens with zero attached hydrogens (tertiary/aromatic N) is 3. The molecule has 136 valence electrons. The number of carbonyl (C=O) groups is 1. The summed E-state index contributed by atoms with van der Waals surface area (Å²) in [5.41, 5.74) is 1.80. The van der Waals surface area contributed by atoms with Crippen LogP contribution in [0.3, 0.4) is 0 Å². The lowest BCUT2D eigenvalue weighted by Crippen LogP contribution is -2.09. The van der Waals surface area contributed by atoms with Crippen molar-refractivity contribution in [3.63, 3.8) is 0 Å². The van der Waals surface area contributed by atoms with Gasteiger partial charge in [-0.25, -0.2) is 0 Å². The summed E-state index contributed by atoms with van der Waals surface area (Å²) < 4.78 is 12.6. The van der Waals surface area contributed by atoms with E-state index in [-0.39, 0.29) is 11.7 Å². The number of unbranched alkanes of at least 4 members (excludes halogenated alkanes) is 1. The van der Waals surface area contributed by atoms with E-state index in [1.54, 1.807) is 6.26 Å². The molecule has 0 fully saturated rings. The van der Waals surface area contributed by atoms with E-state index in [1.807, 2.05) is 47.9 Å². The van der Waals surface area contributed by atoms with Gasteiger partial charge >= 0.3 is 5.97 Å². The first-order valence-electron chi connectivity index (χ1n) is 8.54. The van der Waals surface area contributed by atoms with Crippen molar-refractivity contribution in [2.24, 2.45) is 0 Å². The Morgan fingerprint density at radius 2 is 2.04 bits per heavy atom. The predicted octanol–water partition coefficient (Wildman–Crippen LogP) is 4.27. The van der Waals surface area contributed by atoms with Gasteiger partial charge in [0, 0.05) is 5.69 Å². The highest BCUT2D eigenvalue weighted by atomic mass is 32.2. The molecule has 0 saturated carbocycles. The minimum Gasteiger partial charge on any atom is -0.469 e. The van der Waals surface area contributed by atoms with Crippen molar-refractivity contribution in [1.29, 1.82) is 0 Å². The Kier molecular flexibility index (Phi) is 6.12. The number of hydrogen-bond acceptors (Lipinski definition) is 6. The van der Waals surface area contributed by atoms with E-state index < -0.39 is 0 Å². The first-order valence-corrected chi connectivity index (χ1v) is 9.53. The Hall–Kier alpha value is -2.54. The molecule has 0 aliphatic carbocycles. The van der Waals surface area contributed by atoms with Crippen LogP contribution in [0, 0.1) is 6.92 Å². The molecule has 0 amide bonds. The lowest BCUT2D eigenvalue weighted by molar-refractivity contribution is -0.140. The van der Waals surface area contributed by atoms with E-state index in [9.17, 15) is 4.79 Å². The average molecular weight is 371 g/mol. The third kappa shape index (κ3) is 4.16. The van der Waals surface area contributed by atoms with E-state index in [1.165, 1.54) is 11.8 Å². The van der Waals surface area contributed by atoms with Gasteiger partial charge in [-0.2, -0.15) is 0 Å². The molecule has 0 unspecified atom stereocenters. The van der Waals surface area contributed by atoms with Crippen molar-refractivity contribution in [3.8, 4) is 17.1 Å². The quantitative estimate of drug-likeness (QED) is 0.334. The average Bonchev–Trinajstić information content (AvgIpc) is 3.26. The number of ether oxygens (including phenoxy) is 1. The second-order valence-corrected chi connectivity index (χ2v) is 6.67. The molecule has 0 bridgehead atoms. The van der Waals surface area contributed by atoms with Gasteiger partial charge in [0.1, 0.15) is 5.76 Å². The van der Waals surface area contributed by atoms with Crippen LogP contribution in [0.1, 0.15) is 25.5 Å². The third-order valence-corrected chi connectivity index (χ3v) is 4.73. The molecule has 3 aromatic rings. The SMILES string of the molecule is CCCCOC(=O)CSc1nnc(-c2ccoc2C)n1-c1ccccc1. The van der Waals surface area contributed by atoms with Crippen LogP contribution >= 0.6 is 11.8 Å². The highest BCUT2D eigenvalue weighted by Gasteiger charge is 2.19. The largest absolute Gasteiger partial charge is 0.469 e. The van der Waals surface area contributed by atoms with E-state index in [2.05, 4.69) is 17.1 Å². The van der Waals surface area contributed by atoms with E-state index >= 15 is 0 Å². The van der Waals surface area contributed by atoms with Crippen molar-refractivity contribution in [2.75, 3.05) is 12.4 Å². The second-order valence-electron chi connectivity index (χ2n) is 5.73. The number of esters is 1. The Morgan fingerprint density at radius 1 is 1.23 bits per heavy atom. The van der Waals surface area contributed by atoms with Gasteiger partial charge in [-0.05, 0) is 31.5 Å². The minimum atomic E-state index is -0.243. The fraction of sp³-hybridized carbons (Fsp3) is 0.316. The van der Waals surface area contributed by atoms with Gasteiger partial charge in [-0.3, -0.25) is 9.36 Å². The summed E-state index contributed by atoms with van der Waals surface area (Å²) in [6.07, 6.45) is 3.50. The zero-order valence-electron chi connectivity index (χ0n) is 14.8. The monoisotopic (exact) mass is 371 g/mol. The molecular formula is C19H21N3O3S. The van der Waals surface area contributed by atoms with Gasteiger partial charge in [0.25, 0.3) is 0 Å². The molecule has 1 aromatic carbocycles. The summed E-state index contributed by atoms with van der Waals surface area (Å²) in [7, 11) is 0. The smallest absolute Gasteiger partial charge is 0.316 e. The Morgan fingerprint density at radius 3 is 2.73 bits per heavy atom. The standard InChI is InChI=1S/C19H21N3O3S/c1-3-4-11-25-17(23)13-26-19-21-20-18(16-10-12-24-14(16)2)22(19)15-8-6-5-7-9-15/h5-10,12H,3-4,11,13H2,1-2H3. The van der Waals surface area contributed by atoms with Crippen LogP contribution in [0.25, 0.3) is 17.1 Å². The van der Waals surface area contributed by atoms with Gasteiger partial charge in [0.15, 0.2) is 11.0 Å². The predicted molar refractivity (Wildman–Crippen MR) is 100 cm³/mol. The highest BCUT2D eigenvalue weighted by Crippen LogP contribution is 2.30. The molecule has 0 saturated heterocycles. The van der Waals surface area contributed by atoms with Crippen LogP contribution in [0.15, 0.2) is 52.2 Å².